The first-order valence-corrected chi connectivity index (χ1v) is 9.52. The second kappa shape index (κ2) is 5.94. The molecule has 24 heavy (non-hydrogen) atoms. The van der Waals surface area contributed by atoms with E-state index in [-0.39, 0.29) is 10.8 Å². The van der Waals surface area contributed by atoms with Crippen molar-refractivity contribution in [1.29, 1.82) is 0 Å². The Morgan fingerprint density at radius 1 is 1.33 bits per heavy atom. The Labute approximate surface area is 141 Å². The molecule has 1 aromatic carbocycles. The highest BCUT2D eigenvalue weighted by molar-refractivity contribution is 7.90. The number of sulfone groups is 1. The molecule has 0 spiro atoms. The number of hydrogen-bond acceptors (Lipinski definition) is 5. The molecule has 1 aliphatic rings. The van der Waals surface area contributed by atoms with Crippen LogP contribution >= 0.6 is 0 Å². The zero-order valence-electron chi connectivity index (χ0n) is 13.9. The maximum absolute atomic E-state index is 11.7. The Bertz CT molecular complexity index is 902. The smallest absolute Gasteiger partial charge is 0.219 e. The number of amides is 1. The molecule has 0 fully saturated rings. The van der Waals surface area contributed by atoms with Crippen molar-refractivity contribution >= 4 is 27.2 Å². The van der Waals surface area contributed by atoms with Crippen LogP contribution in [-0.4, -0.2) is 41.8 Å². The summed E-state index contributed by atoms with van der Waals surface area (Å²) in [5.74, 6) is 0.693. The normalized spacial score (nSPS) is 14.4. The monoisotopic (exact) mass is 348 g/mol. The van der Waals surface area contributed by atoms with Gasteiger partial charge in [-0.3, -0.25) is 9.48 Å². The van der Waals surface area contributed by atoms with E-state index in [1.807, 2.05) is 11.7 Å². The number of aromatic nitrogens is 2. The Balaban J connectivity index is 1.94. The van der Waals surface area contributed by atoms with Crippen LogP contribution in [0.25, 0.3) is 0 Å². The predicted octanol–water partition coefficient (Wildman–Crippen LogP) is 1.47. The lowest BCUT2D eigenvalue weighted by Gasteiger charge is -2.26. The summed E-state index contributed by atoms with van der Waals surface area (Å²) in [6, 6.07) is 6.63. The molecule has 1 aromatic heterocycles. The van der Waals surface area contributed by atoms with Crippen LogP contribution < -0.4 is 5.32 Å². The molecule has 0 bridgehead atoms. The zero-order chi connectivity index (χ0) is 17.5. The topological polar surface area (TPSA) is 84.3 Å². The fraction of sp³-hybridized carbons (Fsp3) is 0.375. The fourth-order valence-electron chi connectivity index (χ4n) is 2.90. The minimum absolute atomic E-state index is 0.0366. The average Bonchev–Trinajstić information content (AvgIpc) is 2.82. The molecule has 0 saturated heterocycles. The zero-order valence-corrected chi connectivity index (χ0v) is 14.7. The van der Waals surface area contributed by atoms with Gasteiger partial charge in [-0.15, -0.1) is 0 Å². The minimum atomic E-state index is -3.27. The number of anilines is 2. The van der Waals surface area contributed by atoms with E-state index in [1.54, 1.807) is 36.1 Å². The number of carbonyl (C=O) groups excluding carboxylic acids is 1. The molecule has 0 aliphatic carbocycles. The van der Waals surface area contributed by atoms with Crippen LogP contribution in [0.1, 0.15) is 18.2 Å². The molecule has 1 aliphatic heterocycles. The number of fused-ring (bicyclic) bond motifs is 1. The Morgan fingerprint density at radius 3 is 2.75 bits per heavy atom. The van der Waals surface area contributed by atoms with Gasteiger partial charge >= 0.3 is 0 Å². The van der Waals surface area contributed by atoms with Crippen molar-refractivity contribution in [3.63, 3.8) is 0 Å². The summed E-state index contributed by atoms with van der Waals surface area (Å²) in [6.07, 6.45) is 1.93. The van der Waals surface area contributed by atoms with E-state index in [9.17, 15) is 13.2 Å². The average molecular weight is 348 g/mol. The van der Waals surface area contributed by atoms with Gasteiger partial charge < -0.3 is 10.2 Å². The fourth-order valence-corrected chi connectivity index (χ4v) is 3.57. The summed E-state index contributed by atoms with van der Waals surface area (Å²) in [6.45, 7) is 2.75. The van der Waals surface area contributed by atoms with Gasteiger partial charge in [0.15, 0.2) is 15.7 Å². The Morgan fingerprint density at radius 2 is 2.08 bits per heavy atom. The molecular weight excluding hydrogens is 328 g/mol. The van der Waals surface area contributed by atoms with Crippen LogP contribution in [-0.2, 0) is 34.6 Å². The molecule has 0 unspecified atom stereocenters. The van der Waals surface area contributed by atoms with E-state index >= 15 is 0 Å². The first kappa shape index (κ1) is 16.5. The second-order valence-electron chi connectivity index (χ2n) is 6.01. The largest absolute Gasteiger partial charge is 0.338 e. The molecule has 0 saturated carbocycles. The highest BCUT2D eigenvalue weighted by atomic mass is 32.2. The van der Waals surface area contributed by atoms with Gasteiger partial charge in [-0.05, 0) is 18.2 Å². The Kier molecular flexibility index (Phi) is 4.08. The predicted molar refractivity (Wildman–Crippen MR) is 90.8 cm³/mol. The van der Waals surface area contributed by atoms with E-state index in [0.29, 0.717) is 24.6 Å². The summed E-state index contributed by atoms with van der Waals surface area (Å²) >= 11 is 0. The van der Waals surface area contributed by atoms with E-state index in [1.165, 1.54) is 6.26 Å². The number of nitrogens with zero attached hydrogens (tertiary/aromatic N) is 3. The van der Waals surface area contributed by atoms with E-state index in [0.717, 1.165) is 17.7 Å². The molecular formula is C16H20N4O3S. The quantitative estimate of drug-likeness (QED) is 0.908. The van der Waals surface area contributed by atoms with Crippen LogP contribution in [0.5, 0.6) is 0 Å². The summed E-state index contributed by atoms with van der Waals surface area (Å²) < 4.78 is 25.2. The van der Waals surface area contributed by atoms with Gasteiger partial charge in [0.05, 0.1) is 11.4 Å². The van der Waals surface area contributed by atoms with Crippen LogP contribution in [0.15, 0.2) is 29.2 Å². The van der Waals surface area contributed by atoms with Crippen molar-refractivity contribution in [3.05, 3.63) is 35.5 Å². The molecule has 128 valence electrons. The third kappa shape index (κ3) is 3.14. The van der Waals surface area contributed by atoms with E-state index < -0.39 is 9.84 Å². The number of nitrogens with one attached hydrogen (secondary N) is 1. The standard InChI is InChI=1S/C16H20N4O3S/c1-11(21)20-8-7-15-14(10-20)16(18-19(15)2)17-12-5-4-6-13(9-12)24(3,22)23/h4-6,9H,7-8,10H2,1-3H3,(H,17,18). The summed E-state index contributed by atoms with van der Waals surface area (Å²) in [7, 11) is -1.39. The number of aryl methyl sites for hydroxylation is 1. The van der Waals surface area contributed by atoms with Gasteiger partial charge in [0.2, 0.25) is 5.91 Å². The van der Waals surface area contributed by atoms with Crippen LogP contribution in [0.4, 0.5) is 11.5 Å². The molecule has 7 nitrogen and oxygen atoms in total. The lowest BCUT2D eigenvalue weighted by Crippen LogP contribution is -2.34. The molecule has 2 heterocycles. The van der Waals surface area contributed by atoms with Crippen LogP contribution in [0, 0.1) is 0 Å². The highest BCUT2D eigenvalue weighted by Gasteiger charge is 2.25. The van der Waals surface area contributed by atoms with E-state index in [2.05, 4.69) is 10.4 Å². The molecule has 0 radical (unpaired) electrons. The summed E-state index contributed by atoms with van der Waals surface area (Å²) in [5, 5.41) is 7.68. The van der Waals surface area contributed by atoms with Crippen molar-refractivity contribution in [3.8, 4) is 0 Å². The van der Waals surface area contributed by atoms with Gasteiger partial charge in [0.25, 0.3) is 0 Å². The molecule has 3 rings (SSSR count). The van der Waals surface area contributed by atoms with E-state index in [4.69, 9.17) is 0 Å². The van der Waals surface area contributed by atoms with Crippen LogP contribution in [0.3, 0.4) is 0 Å². The lowest BCUT2D eigenvalue weighted by atomic mass is 10.1. The van der Waals surface area contributed by atoms with Gasteiger partial charge in [-0.25, -0.2) is 8.42 Å². The molecule has 1 amide bonds. The van der Waals surface area contributed by atoms with Crippen molar-refractivity contribution in [2.24, 2.45) is 7.05 Å². The molecule has 1 N–H and O–H groups in total. The highest BCUT2D eigenvalue weighted by Crippen LogP contribution is 2.28. The lowest BCUT2D eigenvalue weighted by molar-refractivity contribution is -0.129. The van der Waals surface area contributed by atoms with Crippen molar-refractivity contribution < 1.29 is 13.2 Å². The van der Waals surface area contributed by atoms with Gasteiger partial charge in [-0.2, -0.15) is 5.10 Å². The Hall–Kier alpha value is -2.35. The summed E-state index contributed by atoms with van der Waals surface area (Å²) in [5.41, 5.74) is 2.72. The molecule has 0 atom stereocenters. The number of rotatable bonds is 3. The molecule has 2 aromatic rings. The maximum atomic E-state index is 11.7. The number of carbonyl (C=O) groups is 1. The third-order valence-corrected chi connectivity index (χ3v) is 5.32. The van der Waals surface area contributed by atoms with Gasteiger partial charge in [0.1, 0.15) is 0 Å². The first-order chi connectivity index (χ1) is 11.3. The van der Waals surface area contributed by atoms with Crippen molar-refractivity contribution in [1.82, 2.24) is 14.7 Å². The minimum Gasteiger partial charge on any atom is -0.338 e. The van der Waals surface area contributed by atoms with Crippen LogP contribution in [0.2, 0.25) is 0 Å². The number of benzene rings is 1. The first-order valence-electron chi connectivity index (χ1n) is 7.63. The SMILES string of the molecule is CC(=O)N1CCc2c(c(Nc3cccc(S(C)(=O)=O)c3)nn2C)C1. The third-order valence-electron chi connectivity index (χ3n) is 4.21. The van der Waals surface area contributed by atoms with Gasteiger partial charge in [-0.1, -0.05) is 6.07 Å². The second-order valence-corrected chi connectivity index (χ2v) is 8.03. The maximum Gasteiger partial charge on any atom is 0.219 e. The molecule has 8 heteroatoms. The van der Waals surface area contributed by atoms with Gasteiger partial charge in [0, 0.05) is 50.1 Å². The number of hydrogen-bond donors (Lipinski definition) is 1. The van der Waals surface area contributed by atoms with Crippen molar-refractivity contribution in [2.45, 2.75) is 24.8 Å². The summed E-state index contributed by atoms with van der Waals surface area (Å²) in [4.78, 5) is 13.7. The van der Waals surface area contributed by atoms with Crippen molar-refractivity contribution in [2.75, 3.05) is 18.1 Å².